The van der Waals surface area contributed by atoms with Crippen molar-refractivity contribution in [1.82, 2.24) is 5.32 Å². The quantitative estimate of drug-likeness (QED) is 0.777. The van der Waals surface area contributed by atoms with Crippen LogP contribution in [-0.2, 0) is 4.74 Å². The summed E-state index contributed by atoms with van der Waals surface area (Å²) in [7, 11) is 0. The zero-order valence-electron chi connectivity index (χ0n) is 11.6. The molecular weight excluding hydrogens is 279 g/mol. The number of carboxylic acid groups (broad SMARTS) is 1. The first-order valence-corrected chi connectivity index (χ1v) is 6.71. The van der Waals surface area contributed by atoms with E-state index in [0.29, 0.717) is 6.61 Å². The van der Waals surface area contributed by atoms with E-state index in [9.17, 15) is 14.0 Å². The van der Waals surface area contributed by atoms with Crippen molar-refractivity contribution in [3.8, 4) is 0 Å². The summed E-state index contributed by atoms with van der Waals surface area (Å²) in [5.41, 5.74) is -0.250. The number of hydrogen-bond donors (Lipinski definition) is 3. The third kappa shape index (κ3) is 3.91. The van der Waals surface area contributed by atoms with Gasteiger partial charge in [-0.2, -0.15) is 0 Å². The van der Waals surface area contributed by atoms with Gasteiger partial charge in [0.1, 0.15) is 5.82 Å². The maximum absolute atomic E-state index is 13.2. The number of benzene rings is 1. The van der Waals surface area contributed by atoms with Crippen LogP contribution in [0.2, 0.25) is 0 Å². The van der Waals surface area contributed by atoms with Crippen LogP contribution in [0, 0.1) is 5.82 Å². The number of ether oxygens (including phenoxy) is 1. The van der Waals surface area contributed by atoms with Crippen LogP contribution in [0.1, 0.15) is 30.1 Å². The Labute approximate surface area is 121 Å². The zero-order valence-corrected chi connectivity index (χ0v) is 11.6. The molecule has 1 aliphatic rings. The molecular formula is C14H17FN2O4. The van der Waals surface area contributed by atoms with Crippen molar-refractivity contribution in [2.45, 2.75) is 31.9 Å². The number of halogens is 1. The van der Waals surface area contributed by atoms with Crippen LogP contribution in [0.5, 0.6) is 0 Å². The molecule has 1 aromatic rings. The second-order valence-corrected chi connectivity index (χ2v) is 4.84. The van der Waals surface area contributed by atoms with E-state index in [-0.39, 0.29) is 17.8 Å². The van der Waals surface area contributed by atoms with Crippen LogP contribution in [0.25, 0.3) is 0 Å². The average molecular weight is 296 g/mol. The summed E-state index contributed by atoms with van der Waals surface area (Å²) in [6.45, 7) is 2.57. The number of carbonyl (C=O) groups excluding carboxylic acids is 1. The smallest absolute Gasteiger partial charge is 0.338 e. The molecule has 6 nitrogen and oxygen atoms in total. The monoisotopic (exact) mass is 296 g/mol. The van der Waals surface area contributed by atoms with E-state index in [1.54, 1.807) is 0 Å². The van der Waals surface area contributed by atoms with Crippen molar-refractivity contribution in [1.29, 1.82) is 0 Å². The number of amides is 2. The summed E-state index contributed by atoms with van der Waals surface area (Å²) >= 11 is 0. The molecule has 1 aromatic carbocycles. The molecule has 21 heavy (non-hydrogen) atoms. The number of anilines is 1. The number of urea groups is 1. The van der Waals surface area contributed by atoms with Gasteiger partial charge in [-0.05, 0) is 38.0 Å². The minimum absolute atomic E-state index is 0.0425. The second-order valence-electron chi connectivity index (χ2n) is 4.84. The third-order valence-corrected chi connectivity index (χ3v) is 3.29. The lowest BCUT2D eigenvalue weighted by atomic mass is 9.89. The van der Waals surface area contributed by atoms with Crippen LogP contribution in [0.15, 0.2) is 18.2 Å². The first kappa shape index (κ1) is 15.2. The van der Waals surface area contributed by atoms with Gasteiger partial charge >= 0.3 is 12.0 Å². The minimum atomic E-state index is -1.38. The fourth-order valence-electron chi connectivity index (χ4n) is 2.17. The van der Waals surface area contributed by atoms with Gasteiger partial charge in [0.2, 0.25) is 0 Å². The lowest BCUT2D eigenvalue weighted by Crippen LogP contribution is -2.49. The standard InChI is InChI=1S/C14H17FN2O4/c1-2-21-10-5-9(6-10)17-14(20)16-8-3-4-12(15)11(7-8)13(18)19/h3-4,7,9-10H,2,5-6H2,1H3,(H,18,19)(H2,16,17,20). The van der Waals surface area contributed by atoms with Crippen molar-refractivity contribution in [3.05, 3.63) is 29.6 Å². The van der Waals surface area contributed by atoms with Gasteiger partial charge in [0.15, 0.2) is 0 Å². The Hall–Kier alpha value is -2.15. The average Bonchev–Trinajstić information content (AvgIpc) is 2.38. The summed E-state index contributed by atoms with van der Waals surface area (Å²) < 4.78 is 18.6. The zero-order chi connectivity index (χ0) is 15.4. The van der Waals surface area contributed by atoms with Crippen molar-refractivity contribution in [2.75, 3.05) is 11.9 Å². The highest BCUT2D eigenvalue weighted by atomic mass is 19.1. The van der Waals surface area contributed by atoms with E-state index in [1.165, 1.54) is 6.07 Å². The van der Waals surface area contributed by atoms with E-state index in [1.807, 2.05) is 6.92 Å². The van der Waals surface area contributed by atoms with Crippen LogP contribution in [-0.4, -0.2) is 35.9 Å². The Morgan fingerprint density at radius 3 is 2.76 bits per heavy atom. The molecule has 0 saturated heterocycles. The van der Waals surface area contributed by atoms with Gasteiger partial charge in [-0.1, -0.05) is 0 Å². The Bertz CT molecular complexity index is 544. The topological polar surface area (TPSA) is 87.7 Å². The number of carbonyl (C=O) groups is 2. The van der Waals surface area contributed by atoms with Crippen LogP contribution in [0.3, 0.4) is 0 Å². The van der Waals surface area contributed by atoms with Crippen molar-refractivity contribution in [3.63, 3.8) is 0 Å². The molecule has 1 fully saturated rings. The molecule has 2 rings (SSSR count). The normalized spacial score (nSPS) is 20.5. The molecule has 0 atom stereocenters. The molecule has 0 bridgehead atoms. The first-order chi connectivity index (χ1) is 9.99. The molecule has 1 saturated carbocycles. The lowest BCUT2D eigenvalue weighted by molar-refractivity contribution is -0.00673. The van der Waals surface area contributed by atoms with Gasteiger partial charge < -0.3 is 20.5 Å². The molecule has 3 N–H and O–H groups in total. The molecule has 0 aliphatic heterocycles. The molecule has 114 valence electrons. The number of carboxylic acids is 1. The summed E-state index contributed by atoms with van der Waals surface area (Å²) in [5.74, 6) is -2.22. The Kier molecular flexibility index (Phi) is 4.74. The molecule has 1 aliphatic carbocycles. The van der Waals surface area contributed by atoms with Crippen molar-refractivity contribution in [2.24, 2.45) is 0 Å². The Balaban J connectivity index is 1.86. The van der Waals surface area contributed by atoms with Crippen LogP contribution < -0.4 is 10.6 Å². The lowest BCUT2D eigenvalue weighted by Gasteiger charge is -2.35. The SMILES string of the molecule is CCOC1CC(NC(=O)Nc2ccc(F)c(C(=O)O)c2)C1. The molecule has 0 radical (unpaired) electrons. The molecule has 0 spiro atoms. The third-order valence-electron chi connectivity index (χ3n) is 3.29. The van der Waals surface area contributed by atoms with Crippen LogP contribution >= 0.6 is 0 Å². The van der Waals surface area contributed by atoms with Gasteiger partial charge in [0.05, 0.1) is 11.7 Å². The van der Waals surface area contributed by atoms with E-state index >= 15 is 0 Å². The predicted molar refractivity (Wildman–Crippen MR) is 73.9 cm³/mol. The Morgan fingerprint density at radius 2 is 2.14 bits per heavy atom. The van der Waals surface area contributed by atoms with E-state index in [0.717, 1.165) is 25.0 Å². The number of rotatable bonds is 5. The molecule has 2 amide bonds. The largest absolute Gasteiger partial charge is 0.478 e. The van der Waals surface area contributed by atoms with Crippen LogP contribution in [0.4, 0.5) is 14.9 Å². The fraction of sp³-hybridized carbons (Fsp3) is 0.429. The molecule has 0 unspecified atom stereocenters. The van der Waals surface area contributed by atoms with Gasteiger partial charge in [-0.3, -0.25) is 0 Å². The second kappa shape index (κ2) is 6.53. The van der Waals surface area contributed by atoms with E-state index < -0.39 is 23.4 Å². The summed E-state index contributed by atoms with van der Waals surface area (Å²) in [5, 5.41) is 14.0. The fourth-order valence-corrected chi connectivity index (χ4v) is 2.17. The first-order valence-electron chi connectivity index (χ1n) is 6.71. The van der Waals surface area contributed by atoms with Gasteiger partial charge in [0, 0.05) is 18.3 Å². The number of nitrogens with one attached hydrogen (secondary N) is 2. The maximum atomic E-state index is 13.2. The maximum Gasteiger partial charge on any atom is 0.338 e. The molecule has 7 heteroatoms. The van der Waals surface area contributed by atoms with Gasteiger partial charge in [-0.15, -0.1) is 0 Å². The van der Waals surface area contributed by atoms with Crippen molar-refractivity contribution < 1.29 is 23.8 Å². The minimum Gasteiger partial charge on any atom is -0.478 e. The number of aromatic carboxylic acids is 1. The van der Waals surface area contributed by atoms with Gasteiger partial charge in [0.25, 0.3) is 0 Å². The highest BCUT2D eigenvalue weighted by Crippen LogP contribution is 2.23. The summed E-state index contributed by atoms with van der Waals surface area (Å²) in [6.07, 6.45) is 1.69. The van der Waals surface area contributed by atoms with E-state index in [4.69, 9.17) is 9.84 Å². The highest BCUT2D eigenvalue weighted by Gasteiger charge is 2.30. The Morgan fingerprint density at radius 1 is 1.43 bits per heavy atom. The van der Waals surface area contributed by atoms with E-state index in [2.05, 4.69) is 10.6 Å². The summed E-state index contributed by atoms with van der Waals surface area (Å²) in [4.78, 5) is 22.6. The highest BCUT2D eigenvalue weighted by molar-refractivity contribution is 5.93. The number of hydrogen-bond acceptors (Lipinski definition) is 3. The summed E-state index contributed by atoms with van der Waals surface area (Å²) in [6, 6.07) is 3.00. The van der Waals surface area contributed by atoms with Crippen molar-refractivity contribution >= 4 is 17.7 Å². The predicted octanol–water partition coefficient (Wildman–Crippen LogP) is 2.21. The molecule has 0 aromatic heterocycles. The molecule has 0 heterocycles. The van der Waals surface area contributed by atoms with Gasteiger partial charge in [-0.25, -0.2) is 14.0 Å².